The third-order valence-corrected chi connectivity index (χ3v) is 11.0. The molecule has 4 aliphatic carbocycles. The van der Waals surface area contributed by atoms with Crippen LogP contribution in [0.25, 0.3) is 0 Å². The molecular weight excluding hydrogens is 455 g/mol. The van der Waals surface area contributed by atoms with Gasteiger partial charge >= 0.3 is 29.6 Å². The van der Waals surface area contributed by atoms with Crippen LogP contribution in [-0.2, 0) is 14.6 Å². The van der Waals surface area contributed by atoms with E-state index in [-0.39, 0.29) is 82.9 Å². The molecule has 0 saturated heterocycles. The van der Waals surface area contributed by atoms with E-state index < -0.39 is 16.5 Å². The van der Waals surface area contributed by atoms with Crippen LogP contribution in [0.2, 0.25) is 0 Å². The maximum absolute atomic E-state index is 11.5. The van der Waals surface area contributed by atoms with Crippen molar-refractivity contribution in [2.24, 2.45) is 46.3 Å². The van der Waals surface area contributed by atoms with Crippen molar-refractivity contribution in [3.05, 3.63) is 0 Å². The Bertz CT molecular complexity index is 794. The van der Waals surface area contributed by atoms with Crippen LogP contribution in [0, 0.1) is 46.3 Å². The van der Waals surface area contributed by atoms with Crippen LogP contribution in [0.5, 0.6) is 0 Å². The summed E-state index contributed by atoms with van der Waals surface area (Å²) in [6, 6.07) is 0. The SMILES string of the molecule is CC(CCCOS(=O)(=O)[O-])C1CCC2C3C(O)CC4CC(O)CCC4(C)C3CC(O)C12C.[Na+]. The van der Waals surface area contributed by atoms with Gasteiger partial charge in [0, 0.05) is 0 Å². The first-order chi connectivity index (χ1) is 14.9. The van der Waals surface area contributed by atoms with E-state index in [4.69, 9.17) is 0 Å². The molecule has 4 aliphatic rings. The molecule has 4 fully saturated rings. The van der Waals surface area contributed by atoms with E-state index in [9.17, 15) is 28.3 Å². The molecular formula is C24H41NaO7S. The third-order valence-electron chi connectivity index (χ3n) is 10.6. The minimum Gasteiger partial charge on any atom is -0.726 e. The molecule has 3 N–H and O–H groups in total. The third kappa shape index (κ3) is 5.12. The second-order valence-corrected chi connectivity index (χ2v) is 12.9. The maximum Gasteiger partial charge on any atom is 1.00 e. The fraction of sp³-hybridized carbons (Fsp3) is 1.00. The van der Waals surface area contributed by atoms with Gasteiger partial charge in [0.1, 0.15) is 0 Å². The van der Waals surface area contributed by atoms with Gasteiger partial charge in [-0.2, -0.15) is 0 Å². The molecule has 9 heteroatoms. The Balaban J connectivity index is 0.00000306. The quantitative estimate of drug-likeness (QED) is 0.202. The molecule has 0 radical (unpaired) electrons. The molecule has 7 nitrogen and oxygen atoms in total. The van der Waals surface area contributed by atoms with Gasteiger partial charge < -0.3 is 19.9 Å². The molecule has 0 bridgehead atoms. The van der Waals surface area contributed by atoms with Gasteiger partial charge in [-0.05, 0) is 104 Å². The number of aliphatic hydroxyl groups excluding tert-OH is 3. The van der Waals surface area contributed by atoms with Gasteiger partial charge in [0.05, 0.1) is 24.9 Å². The minimum atomic E-state index is -4.65. The van der Waals surface area contributed by atoms with Gasteiger partial charge in [-0.25, -0.2) is 8.42 Å². The molecule has 0 aromatic heterocycles. The molecule has 0 amide bonds. The summed E-state index contributed by atoms with van der Waals surface area (Å²) in [4.78, 5) is 0. The van der Waals surface area contributed by atoms with E-state index in [0.29, 0.717) is 24.7 Å². The Labute approximate surface area is 221 Å². The molecule has 0 aromatic rings. The van der Waals surface area contributed by atoms with Crippen LogP contribution in [0.1, 0.15) is 78.6 Å². The normalized spacial score (nSPS) is 48.2. The molecule has 186 valence electrons. The van der Waals surface area contributed by atoms with E-state index in [1.165, 1.54) is 0 Å². The summed E-state index contributed by atoms with van der Waals surface area (Å²) in [6.07, 6.45) is 6.12. The number of hydrogen-bond donors (Lipinski definition) is 3. The van der Waals surface area contributed by atoms with Crippen molar-refractivity contribution in [2.45, 2.75) is 96.9 Å². The summed E-state index contributed by atoms with van der Waals surface area (Å²) >= 11 is 0. The first-order valence-electron chi connectivity index (χ1n) is 12.5. The van der Waals surface area contributed by atoms with Gasteiger partial charge in [-0.3, -0.25) is 4.18 Å². The topological polar surface area (TPSA) is 127 Å². The minimum absolute atomic E-state index is 0. The standard InChI is InChI=1S/C24H42O7S.Na/c1-14(5-4-10-31-32(28,29)30)17-6-7-18-22-19(13-21(27)24(17,18)3)23(2)9-8-16(25)11-15(23)12-20(22)26;/h14-22,25-27H,4-13H2,1-3H3,(H,28,29,30);/q;+1/p-1. The molecule has 4 saturated carbocycles. The van der Waals surface area contributed by atoms with Gasteiger partial charge in [0.15, 0.2) is 0 Å². The Morgan fingerprint density at radius 2 is 1.76 bits per heavy atom. The summed E-state index contributed by atoms with van der Waals surface area (Å²) in [7, 11) is -4.65. The monoisotopic (exact) mass is 496 g/mol. The number of rotatable bonds is 6. The molecule has 33 heavy (non-hydrogen) atoms. The smallest absolute Gasteiger partial charge is 0.726 e. The van der Waals surface area contributed by atoms with Gasteiger partial charge in [0.2, 0.25) is 10.4 Å². The Morgan fingerprint density at radius 3 is 2.42 bits per heavy atom. The van der Waals surface area contributed by atoms with Crippen molar-refractivity contribution >= 4 is 10.4 Å². The summed E-state index contributed by atoms with van der Waals surface area (Å²) in [5.41, 5.74) is -0.208. The fourth-order valence-corrected chi connectivity index (χ4v) is 9.22. The number of fused-ring (bicyclic) bond motifs is 5. The van der Waals surface area contributed by atoms with E-state index >= 15 is 0 Å². The van der Waals surface area contributed by atoms with Crippen LogP contribution in [0.15, 0.2) is 0 Å². The zero-order valence-corrected chi connectivity index (χ0v) is 23.5. The van der Waals surface area contributed by atoms with Gasteiger partial charge in [-0.15, -0.1) is 0 Å². The maximum atomic E-state index is 11.5. The van der Waals surface area contributed by atoms with E-state index in [0.717, 1.165) is 44.9 Å². The predicted octanol–water partition coefficient (Wildman–Crippen LogP) is -0.155. The first-order valence-corrected chi connectivity index (χ1v) is 13.9. The fourth-order valence-electron chi connectivity index (χ4n) is 8.90. The Morgan fingerprint density at radius 1 is 1.06 bits per heavy atom. The molecule has 0 aliphatic heterocycles. The Kier molecular flexibility index (Phi) is 8.80. The van der Waals surface area contributed by atoms with Crippen molar-refractivity contribution in [2.75, 3.05) is 6.61 Å². The summed E-state index contributed by atoms with van der Waals surface area (Å²) < 4.78 is 36.4. The van der Waals surface area contributed by atoms with E-state index in [1.807, 2.05) is 0 Å². The molecule has 0 spiro atoms. The Hall–Kier alpha value is 0.750. The van der Waals surface area contributed by atoms with Crippen molar-refractivity contribution in [3.63, 3.8) is 0 Å². The van der Waals surface area contributed by atoms with Crippen LogP contribution in [0.4, 0.5) is 0 Å². The summed E-state index contributed by atoms with van der Waals surface area (Å²) in [6.45, 7) is 6.60. The summed E-state index contributed by atoms with van der Waals surface area (Å²) in [5, 5.41) is 33.1. The van der Waals surface area contributed by atoms with Crippen LogP contribution < -0.4 is 29.6 Å². The van der Waals surface area contributed by atoms with Crippen LogP contribution in [0.3, 0.4) is 0 Å². The van der Waals surface area contributed by atoms with Gasteiger partial charge in [0.25, 0.3) is 0 Å². The van der Waals surface area contributed by atoms with Crippen LogP contribution >= 0.6 is 0 Å². The van der Waals surface area contributed by atoms with Crippen molar-refractivity contribution in [3.8, 4) is 0 Å². The average molecular weight is 497 g/mol. The molecule has 11 atom stereocenters. The van der Waals surface area contributed by atoms with Crippen molar-refractivity contribution < 1.29 is 62.0 Å². The van der Waals surface area contributed by atoms with Gasteiger partial charge in [-0.1, -0.05) is 20.8 Å². The molecule has 0 aromatic carbocycles. The first kappa shape index (κ1) is 28.3. The van der Waals surface area contributed by atoms with Crippen molar-refractivity contribution in [1.82, 2.24) is 0 Å². The second kappa shape index (κ2) is 10.3. The molecule has 0 heterocycles. The zero-order chi connectivity index (χ0) is 23.5. The van der Waals surface area contributed by atoms with E-state index in [2.05, 4.69) is 25.0 Å². The molecule has 11 unspecified atom stereocenters. The van der Waals surface area contributed by atoms with E-state index in [1.54, 1.807) is 0 Å². The number of aliphatic hydroxyl groups is 3. The summed E-state index contributed by atoms with van der Waals surface area (Å²) in [5.74, 6) is 1.60. The van der Waals surface area contributed by atoms with Crippen LogP contribution in [-0.4, -0.2) is 53.2 Å². The average Bonchev–Trinajstić information content (AvgIpc) is 3.05. The zero-order valence-electron chi connectivity index (χ0n) is 20.7. The second-order valence-electron chi connectivity index (χ2n) is 11.9. The number of hydrogen-bond acceptors (Lipinski definition) is 7. The van der Waals surface area contributed by atoms with Crippen molar-refractivity contribution in [1.29, 1.82) is 0 Å². The largest absolute Gasteiger partial charge is 1.00 e. The molecule has 4 rings (SSSR count). The predicted molar refractivity (Wildman–Crippen MR) is 118 cm³/mol.